The van der Waals surface area contributed by atoms with Crippen LogP contribution in [0.2, 0.25) is 0 Å². The Bertz CT molecular complexity index is 667. The molecule has 1 aliphatic carbocycles. The minimum absolute atomic E-state index is 0.202. The quantitative estimate of drug-likeness (QED) is 0.632. The van der Waals surface area contributed by atoms with E-state index in [1.54, 1.807) is 0 Å². The highest BCUT2D eigenvalue weighted by atomic mass is 16.5. The Kier molecular flexibility index (Phi) is 5.91. The first-order chi connectivity index (χ1) is 12.1. The molecule has 0 N–H and O–H groups in total. The minimum Gasteiger partial charge on any atom is -0.461 e. The van der Waals surface area contributed by atoms with Crippen molar-refractivity contribution in [2.45, 2.75) is 51.4 Å². The lowest BCUT2D eigenvalue weighted by molar-refractivity contribution is 0.0485. The first-order valence-electron chi connectivity index (χ1n) is 9.45. The van der Waals surface area contributed by atoms with Crippen LogP contribution in [0.4, 0.5) is 0 Å². The molecule has 1 atom stereocenters. The van der Waals surface area contributed by atoms with Gasteiger partial charge in [-0.2, -0.15) is 0 Å². The number of rotatable bonds is 5. The predicted octanol–water partition coefficient (Wildman–Crippen LogP) is 5.94. The second-order valence-corrected chi connectivity index (χ2v) is 7.49. The Labute approximate surface area is 151 Å². The van der Waals surface area contributed by atoms with Crippen molar-refractivity contribution in [2.24, 2.45) is 5.92 Å². The van der Waals surface area contributed by atoms with Gasteiger partial charge in [0.05, 0.1) is 12.2 Å². The second-order valence-electron chi connectivity index (χ2n) is 7.49. The third kappa shape index (κ3) is 4.72. The lowest BCUT2D eigenvalue weighted by Crippen LogP contribution is -2.12. The van der Waals surface area contributed by atoms with Crippen molar-refractivity contribution >= 4 is 5.97 Å². The van der Waals surface area contributed by atoms with Crippen molar-refractivity contribution in [3.05, 3.63) is 71.3 Å². The first kappa shape index (κ1) is 17.7. The van der Waals surface area contributed by atoms with Crippen LogP contribution >= 0.6 is 0 Å². The molecule has 0 amide bonds. The number of benzene rings is 2. The number of hydrogen-bond acceptors (Lipinski definition) is 2. The van der Waals surface area contributed by atoms with E-state index in [1.807, 2.05) is 30.3 Å². The average Bonchev–Trinajstić information content (AvgIpc) is 2.67. The van der Waals surface area contributed by atoms with Crippen molar-refractivity contribution in [1.29, 1.82) is 0 Å². The van der Waals surface area contributed by atoms with Crippen LogP contribution in [0.3, 0.4) is 0 Å². The van der Waals surface area contributed by atoms with Gasteiger partial charge in [0.2, 0.25) is 0 Å². The summed E-state index contributed by atoms with van der Waals surface area (Å²) in [6.07, 6.45) is 5.15. The third-order valence-electron chi connectivity index (χ3n) is 5.47. The second kappa shape index (κ2) is 8.33. The number of hydrogen-bond donors (Lipinski definition) is 0. The molecule has 3 rings (SSSR count). The lowest BCUT2D eigenvalue weighted by atomic mass is 9.79. The molecule has 1 aliphatic rings. The largest absolute Gasteiger partial charge is 0.461 e. The van der Waals surface area contributed by atoms with Crippen LogP contribution in [0.1, 0.15) is 72.9 Å². The smallest absolute Gasteiger partial charge is 0.338 e. The number of carbonyl (C=O) groups excluding carboxylic acids is 1. The number of ether oxygens (including phenoxy) is 1. The molecular formula is C23H28O2. The van der Waals surface area contributed by atoms with Gasteiger partial charge in [0, 0.05) is 5.92 Å². The van der Waals surface area contributed by atoms with E-state index in [0.29, 0.717) is 18.1 Å². The van der Waals surface area contributed by atoms with Crippen LogP contribution in [0, 0.1) is 5.92 Å². The zero-order valence-electron chi connectivity index (χ0n) is 15.3. The van der Waals surface area contributed by atoms with E-state index in [9.17, 15) is 4.79 Å². The molecule has 0 saturated heterocycles. The molecule has 2 heteroatoms. The zero-order chi connectivity index (χ0) is 17.6. The van der Waals surface area contributed by atoms with Crippen molar-refractivity contribution in [1.82, 2.24) is 0 Å². The standard InChI is InChI=1S/C23H28O2/c1-17-8-10-20(11-9-17)21-12-14-22(15-13-21)23(24)25-16-18(2)19-6-4-3-5-7-19/h3-7,12-15,17-18,20H,8-11,16H2,1-2H3. The van der Waals surface area contributed by atoms with E-state index in [4.69, 9.17) is 4.74 Å². The maximum atomic E-state index is 12.3. The Balaban J connectivity index is 1.54. The predicted molar refractivity (Wildman–Crippen MR) is 102 cm³/mol. The highest BCUT2D eigenvalue weighted by Crippen LogP contribution is 2.35. The van der Waals surface area contributed by atoms with E-state index < -0.39 is 0 Å². The van der Waals surface area contributed by atoms with Gasteiger partial charge in [0.15, 0.2) is 0 Å². The molecule has 1 unspecified atom stereocenters. The Hall–Kier alpha value is -2.09. The zero-order valence-corrected chi connectivity index (χ0v) is 15.3. The van der Waals surface area contributed by atoms with E-state index in [0.717, 1.165) is 5.92 Å². The molecular weight excluding hydrogens is 308 g/mol. The van der Waals surface area contributed by atoms with Crippen LogP contribution < -0.4 is 0 Å². The Morgan fingerprint density at radius 1 is 1.00 bits per heavy atom. The van der Waals surface area contributed by atoms with E-state index in [1.165, 1.54) is 36.8 Å². The molecule has 2 aromatic carbocycles. The van der Waals surface area contributed by atoms with Gasteiger partial charge in [-0.15, -0.1) is 0 Å². The monoisotopic (exact) mass is 336 g/mol. The van der Waals surface area contributed by atoms with Crippen LogP contribution in [0.25, 0.3) is 0 Å². The summed E-state index contributed by atoms with van der Waals surface area (Å²) < 4.78 is 5.50. The molecule has 0 bridgehead atoms. The maximum Gasteiger partial charge on any atom is 0.338 e. The van der Waals surface area contributed by atoms with Crippen LogP contribution in [0.15, 0.2) is 54.6 Å². The van der Waals surface area contributed by atoms with Gasteiger partial charge < -0.3 is 4.74 Å². The maximum absolute atomic E-state index is 12.3. The fraction of sp³-hybridized carbons (Fsp3) is 0.435. The van der Waals surface area contributed by atoms with E-state index in [-0.39, 0.29) is 11.9 Å². The number of esters is 1. The minimum atomic E-state index is -0.230. The van der Waals surface area contributed by atoms with Gasteiger partial charge >= 0.3 is 5.97 Å². The fourth-order valence-corrected chi connectivity index (χ4v) is 3.65. The highest BCUT2D eigenvalue weighted by Gasteiger charge is 2.20. The van der Waals surface area contributed by atoms with Gasteiger partial charge in [-0.05, 0) is 47.9 Å². The summed E-state index contributed by atoms with van der Waals surface area (Å²) in [5, 5.41) is 0. The average molecular weight is 336 g/mol. The fourth-order valence-electron chi connectivity index (χ4n) is 3.65. The van der Waals surface area contributed by atoms with Crippen molar-refractivity contribution in [3.8, 4) is 0 Å². The van der Waals surface area contributed by atoms with Gasteiger partial charge in [-0.3, -0.25) is 0 Å². The molecule has 132 valence electrons. The molecule has 2 nitrogen and oxygen atoms in total. The Morgan fingerprint density at radius 2 is 1.64 bits per heavy atom. The summed E-state index contributed by atoms with van der Waals surface area (Å²) in [5.41, 5.74) is 3.20. The molecule has 0 spiro atoms. The summed E-state index contributed by atoms with van der Waals surface area (Å²) in [4.78, 5) is 12.3. The topological polar surface area (TPSA) is 26.3 Å². The van der Waals surface area contributed by atoms with Gasteiger partial charge in [0.1, 0.15) is 0 Å². The summed E-state index contributed by atoms with van der Waals surface area (Å²) in [7, 11) is 0. The van der Waals surface area contributed by atoms with Crippen LogP contribution in [0.5, 0.6) is 0 Å². The van der Waals surface area contributed by atoms with E-state index >= 15 is 0 Å². The van der Waals surface area contributed by atoms with Crippen molar-refractivity contribution in [2.75, 3.05) is 6.61 Å². The first-order valence-corrected chi connectivity index (χ1v) is 9.45. The summed E-state index contributed by atoms with van der Waals surface area (Å²) in [5.74, 6) is 1.48. The normalized spacial score (nSPS) is 21.5. The van der Waals surface area contributed by atoms with Gasteiger partial charge in [-0.1, -0.05) is 69.2 Å². The molecule has 0 radical (unpaired) electrons. The summed E-state index contributed by atoms with van der Waals surface area (Å²) in [6.45, 7) is 4.83. The van der Waals surface area contributed by atoms with Crippen molar-refractivity contribution in [3.63, 3.8) is 0 Å². The number of carbonyl (C=O) groups is 1. The lowest BCUT2D eigenvalue weighted by Gasteiger charge is -2.26. The molecule has 1 fully saturated rings. The van der Waals surface area contributed by atoms with Crippen LogP contribution in [-0.4, -0.2) is 12.6 Å². The highest BCUT2D eigenvalue weighted by molar-refractivity contribution is 5.89. The van der Waals surface area contributed by atoms with Gasteiger partial charge in [-0.25, -0.2) is 4.79 Å². The summed E-state index contributed by atoms with van der Waals surface area (Å²) >= 11 is 0. The molecule has 25 heavy (non-hydrogen) atoms. The SMILES string of the molecule is CC1CCC(c2ccc(C(=O)OCC(C)c3ccccc3)cc2)CC1. The molecule has 0 aromatic heterocycles. The Morgan fingerprint density at radius 3 is 2.28 bits per heavy atom. The molecule has 0 heterocycles. The van der Waals surface area contributed by atoms with Gasteiger partial charge in [0.25, 0.3) is 0 Å². The molecule has 1 saturated carbocycles. The van der Waals surface area contributed by atoms with Crippen molar-refractivity contribution < 1.29 is 9.53 Å². The summed E-state index contributed by atoms with van der Waals surface area (Å²) in [6, 6.07) is 18.2. The third-order valence-corrected chi connectivity index (χ3v) is 5.47. The van der Waals surface area contributed by atoms with E-state index in [2.05, 4.69) is 38.1 Å². The molecule has 2 aromatic rings. The van der Waals surface area contributed by atoms with Crippen LogP contribution in [-0.2, 0) is 4.74 Å². The molecule has 0 aliphatic heterocycles.